The number of carbonyl (C=O) groups excluding carboxylic acids is 2. The lowest BCUT2D eigenvalue weighted by Gasteiger charge is -2.07. The first-order valence-electron chi connectivity index (χ1n) is 7.62. The molecule has 0 bridgehead atoms. The van der Waals surface area contributed by atoms with E-state index in [9.17, 15) is 9.59 Å². The molecule has 0 aliphatic carbocycles. The number of anilines is 1. The Hall–Kier alpha value is -3.15. The summed E-state index contributed by atoms with van der Waals surface area (Å²) >= 11 is 0. The number of carbonyl (C=O) groups is 2. The number of imidazole rings is 1. The van der Waals surface area contributed by atoms with Crippen molar-refractivity contribution in [3.8, 4) is 0 Å². The third-order valence-corrected chi connectivity index (χ3v) is 3.57. The predicted octanol–water partition coefficient (Wildman–Crippen LogP) is 3.07. The number of amides is 1. The number of benzene rings is 1. The molecule has 0 spiro atoms. The second-order valence-electron chi connectivity index (χ2n) is 5.23. The highest BCUT2D eigenvalue weighted by Crippen LogP contribution is 2.16. The number of nitrogens with one attached hydrogen (secondary N) is 1. The SMILES string of the molecule is CCOC(=O)c1ccc(NC(=O)c2c(C)nc3ccccn23)cc1. The van der Waals surface area contributed by atoms with Crippen molar-refractivity contribution in [2.75, 3.05) is 11.9 Å². The van der Waals surface area contributed by atoms with E-state index in [1.54, 1.807) is 48.7 Å². The lowest BCUT2D eigenvalue weighted by atomic mass is 10.2. The van der Waals surface area contributed by atoms with Crippen LogP contribution in [0.1, 0.15) is 33.5 Å². The van der Waals surface area contributed by atoms with Crippen molar-refractivity contribution < 1.29 is 14.3 Å². The molecule has 0 saturated carbocycles. The fourth-order valence-corrected chi connectivity index (χ4v) is 2.48. The number of hydrogen-bond acceptors (Lipinski definition) is 4. The quantitative estimate of drug-likeness (QED) is 0.749. The molecule has 1 amide bonds. The molecular formula is C18H17N3O3. The van der Waals surface area contributed by atoms with Gasteiger partial charge in [-0.05, 0) is 50.2 Å². The molecule has 0 aliphatic heterocycles. The Balaban J connectivity index is 1.81. The smallest absolute Gasteiger partial charge is 0.338 e. The normalized spacial score (nSPS) is 10.6. The lowest BCUT2D eigenvalue weighted by molar-refractivity contribution is 0.0526. The molecule has 6 nitrogen and oxygen atoms in total. The number of esters is 1. The van der Waals surface area contributed by atoms with E-state index >= 15 is 0 Å². The van der Waals surface area contributed by atoms with Gasteiger partial charge in [0.1, 0.15) is 11.3 Å². The highest BCUT2D eigenvalue weighted by atomic mass is 16.5. The predicted molar refractivity (Wildman–Crippen MR) is 90.3 cm³/mol. The molecule has 24 heavy (non-hydrogen) atoms. The molecule has 2 aromatic heterocycles. The molecule has 3 aromatic rings. The monoisotopic (exact) mass is 323 g/mol. The third-order valence-electron chi connectivity index (χ3n) is 3.57. The van der Waals surface area contributed by atoms with Crippen LogP contribution in [-0.4, -0.2) is 27.9 Å². The molecule has 0 saturated heterocycles. The molecule has 1 N–H and O–H groups in total. The van der Waals surface area contributed by atoms with Gasteiger partial charge >= 0.3 is 5.97 Å². The largest absolute Gasteiger partial charge is 0.462 e. The minimum Gasteiger partial charge on any atom is -0.462 e. The summed E-state index contributed by atoms with van der Waals surface area (Å²) in [6, 6.07) is 12.1. The summed E-state index contributed by atoms with van der Waals surface area (Å²) in [7, 11) is 0. The van der Waals surface area contributed by atoms with Crippen LogP contribution in [0.15, 0.2) is 48.7 Å². The van der Waals surface area contributed by atoms with Gasteiger partial charge in [0.2, 0.25) is 0 Å². The van der Waals surface area contributed by atoms with Gasteiger partial charge in [0.05, 0.1) is 17.9 Å². The van der Waals surface area contributed by atoms with Crippen LogP contribution in [-0.2, 0) is 4.74 Å². The van der Waals surface area contributed by atoms with Crippen molar-refractivity contribution >= 4 is 23.2 Å². The molecule has 2 heterocycles. The van der Waals surface area contributed by atoms with Gasteiger partial charge in [0.25, 0.3) is 5.91 Å². The zero-order valence-corrected chi connectivity index (χ0v) is 13.4. The van der Waals surface area contributed by atoms with Gasteiger partial charge in [-0.15, -0.1) is 0 Å². The maximum atomic E-state index is 12.6. The van der Waals surface area contributed by atoms with Crippen LogP contribution in [0.3, 0.4) is 0 Å². The summed E-state index contributed by atoms with van der Waals surface area (Å²) in [6.07, 6.45) is 1.80. The summed E-state index contributed by atoms with van der Waals surface area (Å²) < 4.78 is 6.68. The van der Waals surface area contributed by atoms with Crippen LogP contribution >= 0.6 is 0 Å². The van der Waals surface area contributed by atoms with Crippen molar-refractivity contribution in [3.05, 3.63) is 65.6 Å². The Bertz CT molecular complexity index is 898. The molecule has 6 heteroatoms. The van der Waals surface area contributed by atoms with Crippen molar-refractivity contribution in [1.82, 2.24) is 9.38 Å². The van der Waals surface area contributed by atoms with Gasteiger partial charge in [-0.25, -0.2) is 9.78 Å². The molecule has 3 rings (SSSR count). The minimum atomic E-state index is -0.381. The number of pyridine rings is 1. The zero-order valence-electron chi connectivity index (χ0n) is 13.4. The average molecular weight is 323 g/mol. The molecule has 122 valence electrons. The maximum Gasteiger partial charge on any atom is 0.338 e. The molecule has 0 atom stereocenters. The van der Waals surface area contributed by atoms with E-state index in [4.69, 9.17) is 4.74 Å². The third kappa shape index (κ3) is 2.99. The molecular weight excluding hydrogens is 306 g/mol. The van der Waals surface area contributed by atoms with E-state index in [2.05, 4.69) is 10.3 Å². The number of nitrogens with zero attached hydrogens (tertiary/aromatic N) is 2. The summed E-state index contributed by atoms with van der Waals surface area (Å²) in [5.74, 6) is -0.636. The number of aryl methyl sites for hydroxylation is 1. The topological polar surface area (TPSA) is 72.7 Å². The Morgan fingerprint density at radius 3 is 2.62 bits per heavy atom. The summed E-state index contributed by atoms with van der Waals surface area (Å²) in [5, 5.41) is 2.82. The maximum absolute atomic E-state index is 12.6. The van der Waals surface area contributed by atoms with Crippen LogP contribution in [0.4, 0.5) is 5.69 Å². The van der Waals surface area contributed by atoms with Crippen LogP contribution in [0.25, 0.3) is 5.65 Å². The van der Waals surface area contributed by atoms with Gasteiger partial charge in [0, 0.05) is 11.9 Å². The van der Waals surface area contributed by atoms with Crippen molar-refractivity contribution in [2.45, 2.75) is 13.8 Å². The second-order valence-corrected chi connectivity index (χ2v) is 5.23. The first-order valence-corrected chi connectivity index (χ1v) is 7.62. The number of fused-ring (bicyclic) bond motifs is 1. The Kier molecular flexibility index (Phi) is 4.29. The van der Waals surface area contributed by atoms with E-state index in [0.29, 0.717) is 29.2 Å². The first-order chi connectivity index (χ1) is 11.6. The van der Waals surface area contributed by atoms with Crippen LogP contribution in [0.2, 0.25) is 0 Å². The van der Waals surface area contributed by atoms with E-state index in [-0.39, 0.29) is 11.9 Å². The Morgan fingerprint density at radius 2 is 1.92 bits per heavy atom. The minimum absolute atomic E-state index is 0.255. The van der Waals surface area contributed by atoms with Gasteiger partial charge in [-0.1, -0.05) is 6.07 Å². The molecule has 0 fully saturated rings. The average Bonchev–Trinajstić information content (AvgIpc) is 2.91. The van der Waals surface area contributed by atoms with E-state index in [1.807, 2.05) is 18.2 Å². The van der Waals surface area contributed by atoms with Gasteiger partial charge in [-0.2, -0.15) is 0 Å². The van der Waals surface area contributed by atoms with Crippen molar-refractivity contribution in [3.63, 3.8) is 0 Å². The second kappa shape index (κ2) is 6.54. The molecule has 0 aliphatic rings. The fourth-order valence-electron chi connectivity index (χ4n) is 2.48. The van der Waals surface area contributed by atoms with Crippen LogP contribution < -0.4 is 5.32 Å². The number of ether oxygens (including phenoxy) is 1. The highest BCUT2D eigenvalue weighted by Gasteiger charge is 2.16. The number of aromatic nitrogens is 2. The standard InChI is InChI=1S/C18H17N3O3/c1-3-24-18(23)13-7-9-14(10-8-13)20-17(22)16-12(2)19-15-6-4-5-11-21(15)16/h4-11H,3H2,1-2H3,(H,20,22). The summed E-state index contributed by atoms with van der Waals surface area (Å²) in [4.78, 5) is 28.6. The fraction of sp³-hybridized carbons (Fsp3) is 0.167. The van der Waals surface area contributed by atoms with Crippen molar-refractivity contribution in [1.29, 1.82) is 0 Å². The lowest BCUT2D eigenvalue weighted by Crippen LogP contribution is -2.15. The highest BCUT2D eigenvalue weighted by molar-refractivity contribution is 6.04. The first kappa shape index (κ1) is 15.7. The van der Waals surface area contributed by atoms with Crippen LogP contribution in [0, 0.1) is 6.92 Å². The van der Waals surface area contributed by atoms with Gasteiger partial charge < -0.3 is 10.1 Å². The number of hydrogen-bond donors (Lipinski definition) is 1. The van der Waals surface area contributed by atoms with Crippen molar-refractivity contribution in [2.24, 2.45) is 0 Å². The van der Waals surface area contributed by atoms with Crippen LogP contribution in [0.5, 0.6) is 0 Å². The van der Waals surface area contributed by atoms with E-state index in [1.165, 1.54) is 0 Å². The van der Waals surface area contributed by atoms with Gasteiger partial charge in [-0.3, -0.25) is 9.20 Å². The van der Waals surface area contributed by atoms with Gasteiger partial charge in [0.15, 0.2) is 0 Å². The zero-order chi connectivity index (χ0) is 17.1. The molecule has 0 radical (unpaired) electrons. The summed E-state index contributed by atoms with van der Waals surface area (Å²) in [5.41, 5.74) is 2.90. The summed E-state index contributed by atoms with van der Waals surface area (Å²) in [6.45, 7) is 3.88. The van der Waals surface area contributed by atoms with E-state index < -0.39 is 0 Å². The molecule has 0 unspecified atom stereocenters. The Morgan fingerprint density at radius 1 is 1.17 bits per heavy atom. The Labute approximate surface area is 139 Å². The van der Waals surface area contributed by atoms with E-state index in [0.717, 1.165) is 5.65 Å². The molecule has 1 aromatic carbocycles. The number of rotatable bonds is 4.